The van der Waals surface area contributed by atoms with Gasteiger partial charge in [0.15, 0.2) is 0 Å². The molecule has 170 valence electrons. The number of methoxy groups -OCH3 is 1. The molecule has 1 fully saturated rings. The van der Waals surface area contributed by atoms with Crippen molar-refractivity contribution in [1.82, 2.24) is 14.9 Å². The molecule has 1 saturated heterocycles. The fraction of sp³-hybridized carbons (Fsp3) is 0.308. The maximum absolute atomic E-state index is 13.7. The summed E-state index contributed by atoms with van der Waals surface area (Å²) in [5, 5.41) is 0.726. The first-order valence-corrected chi connectivity index (χ1v) is 11.2. The zero-order chi connectivity index (χ0) is 22.9. The molecule has 0 saturated carbocycles. The van der Waals surface area contributed by atoms with Crippen LogP contribution in [-0.4, -0.2) is 34.4 Å². The topological polar surface area (TPSA) is 71.4 Å². The molecule has 2 aromatic heterocycles. The Bertz CT molecular complexity index is 1310. The van der Waals surface area contributed by atoms with E-state index in [0.29, 0.717) is 24.6 Å². The molecule has 33 heavy (non-hydrogen) atoms. The maximum atomic E-state index is 13.7. The molecule has 0 aliphatic carbocycles. The van der Waals surface area contributed by atoms with Crippen LogP contribution in [0.25, 0.3) is 10.9 Å². The molecule has 7 heteroatoms. The summed E-state index contributed by atoms with van der Waals surface area (Å²) in [6.07, 6.45) is 5.05. The molecule has 1 aliphatic heterocycles. The van der Waals surface area contributed by atoms with Crippen LogP contribution < -0.4 is 4.74 Å². The Hall–Kier alpha value is -3.61. The van der Waals surface area contributed by atoms with Gasteiger partial charge in [0.05, 0.1) is 13.3 Å². The van der Waals surface area contributed by atoms with Gasteiger partial charge in [-0.1, -0.05) is 12.1 Å². The lowest BCUT2D eigenvalue weighted by molar-refractivity contribution is 0.0564. The molecule has 1 amide bonds. The molecule has 2 aromatic carbocycles. The van der Waals surface area contributed by atoms with E-state index >= 15 is 0 Å². The second kappa shape index (κ2) is 8.73. The summed E-state index contributed by atoms with van der Waals surface area (Å²) in [5.41, 5.74) is 3.06. The number of hydrogen-bond acceptors (Lipinski definition) is 4. The number of aromatic amines is 1. The quantitative estimate of drug-likeness (QED) is 0.434. The zero-order valence-electron chi connectivity index (χ0n) is 18.7. The van der Waals surface area contributed by atoms with Gasteiger partial charge >= 0.3 is 0 Å². The van der Waals surface area contributed by atoms with Crippen molar-refractivity contribution < 1.29 is 18.3 Å². The van der Waals surface area contributed by atoms with Gasteiger partial charge in [0.2, 0.25) is 5.89 Å². The number of halogens is 1. The van der Waals surface area contributed by atoms with Gasteiger partial charge < -0.3 is 19.0 Å². The van der Waals surface area contributed by atoms with E-state index in [4.69, 9.17) is 9.15 Å². The fourth-order valence-corrected chi connectivity index (χ4v) is 4.63. The molecule has 1 atom stereocenters. The lowest BCUT2D eigenvalue weighted by Crippen LogP contribution is -2.39. The SMILES string of the molecule is COc1cccc(Cc2cnc([C@@H]3CCCCN3C(=O)c3[nH]c4ccc(F)cc4c3C)o2)c1. The fourth-order valence-electron chi connectivity index (χ4n) is 4.63. The van der Waals surface area contributed by atoms with Crippen LogP contribution in [0.2, 0.25) is 0 Å². The van der Waals surface area contributed by atoms with Gasteiger partial charge in [-0.05, 0) is 67.6 Å². The van der Waals surface area contributed by atoms with Gasteiger partial charge in [-0.2, -0.15) is 0 Å². The number of nitrogens with one attached hydrogen (secondary N) is 1. The second-order valence-electron chi connectivity index (χ2n) is 8.52. The van der Waals surface area contributed by atoms with E-state index in [9.17, 15) is 9.18 Å². The summed E-state index contributed by atoms with van der Waals surface area (Å²) in [6, 6.07) is 12.1. The summed E-state index contributed by atoms with van der Waals surface area (Å²) in [4.78, 5) is 23.1. The third kappa shape index (κ3) is 4.11. The summed E-state index contributed by atoms with van der Waals surface area (Å²) >= 11 is 0. The van der Waals surface area contributed by atoms with Crippen LogP contribution in [0.1, 0.15) is 58.6 Å². The number of carbonyl (C=O) groups is 1. The number of aryl methyl sites for hydroxylation is 1. The Labute approximate surface area is 191 Å². The molecule has 6 nitrogen and oxygen atoms in total. The predicted molar refractivity (Wildman–Crippen MR) is 123 cm³/mol. The normalized spacial score (nSPS) is 16.3. The summed E-state index contributed by atoms with van der Waals surface area (Å²) in [6.45, 7) is 2.47. The molecule has 3 heterocycles. The number of oxazole rings is 1. The molecule has 0 bridgehead atoms. The van der Waals surface area contributed by atoms with Crippen LogP contribution in [0.5, 0.6) is 5.75 Å². The van der Waals surface area contributed by atoms with Crippen molar-refractivity contribution in [2.24, 2.45) is 0 Å². The number of hydrogen-bond donors (Lipinski definition) is 1. The van der Waals surface area contributed by atoms with Gasteiger partial charge in [0.1, 0.15) is 29.1 Å². The molecular weight excluding hydrogens is 421 g/mol. The van der Waals surface area contributed by atoms with Crippen LogP contribution in [0.3, 0.4) is 0 Å². The molecular formula is C26H26FN3O3. The molecule has 0 unspecified atom stereocenters. The van der Waals surface area contributed by atoms with Crippen LogP contribution in [0, 0.1) is 12.7 Å². The number of amides is 1. The Morgan fingerprint density at radius 1 is 1.27 bits per heavy atom. The van der Waals surface area contributed by atoms with E-state index in [-0.39, 0.29) is 17.8 Å². The van der Waals surface area contributed by atoms with Gasteiger partial charge in [-0.15, -0.1) is 0 Å². The van der Waals surface area contributed by atoms with Crippen LogP contribution >= 0.6 is 0 Å². The maximum Gasteiger partial charge on any atom is 0.271 e. The number of fused-ring (bicyclic) bond motifs is 1. The van der Waals surface area contributed by atoms with Crippen molar-refractivity contribution in [3.05, 3.63) is 83.0 Å². The van der Waals surface area contributed by atoms with Gasteiger partial charge in [0, 0.05) is 23.9 Å². The van der Waals surface area contributed by atoms with Crippen LogP contribution in [0.4, 0.5) is 4.39 Å². The summed E-state index contributed by atoms with van der Waals surface area (Å²) in [5.74, 6) is 1.67. The molecule has 1 N–H and O–H groups in total. The number of H-pyrrole nitrogens is 1. The van der Waals surface area contributed by atoms with Crippen molar-refractivity contribution >= 4 is 16.8 Å². The van der Waals surface area contributed by atoms with Crippen LogP contribution in [-0.2, 0) is 6.42 Å². The van der Waals surface area contributed by atoms with Gasteiger partial charge in [0.25, 0.3) is 5.91 Å². The van der Waals surface area contributed by atoms with Gasteiger partial charge in [-0.25, -0.2) is 9.37 Å². The minimum absolute atomic E-state index is 0.110. The van der Waals surface area contributed by atoms with Crippen LogP contribution in [0.15, 0.2) is 53.1 Å². The van der Waals surface area contributed by atoms with E-state index in [2.05, 4.69) is 9.97 Å². The van der Waals surface area contributed by atoms with Gasteiger partial charge in [-0.3, -0.25) is 4.79 Å². The van der Waals surface area contributed by atoms with E-state index in [1.54, 1.807) is 19.4 Å². The first kappa shape index (κ1) is 21.2. The van der Waals surface area contributed by atoms with E-state index in [1.165, 1.54) is 12.1 Å². The number of aromatic nitrogens is 2. The average Bonchev–Trinajstić information content (AvgIpc) is 3.43. The molecule has 4 aromatic rings. The summed E-state index contributed by atoms with van der Waals surface area (Å²) in [7, 11) is 1.64. The highest BCUT2D eigenvalue weighted by Crippen LogP contribution is 2.34. The minimum Gasteiger partial charge on any atom is -0.497 e. The third-order valence-electron chi connectivity index (χ3n) is 6.37. The largest absolute Gasteiger partial charge is 0.497 e. The highest BCUT2D eigenvalue weighted by molar-refractivity contribution is 6.01. The highest BCUT2D eigenvalue weighted by Gasteiger charge is 2.33. The van der Waals surface area contributed by atoms with E-state index < -0.39 is 0 Å². The highest BCUT2D eigenvalue weighted by atomic mass is 19.1. The number of benzene rings is 2. The smallest absolute Gasteiger partial charge is 0.271 e. The number of carbonyl (C=O) groups excluding carboxylic acids is 1. The van der Waals surface area contributed by atoms with Crippen molar-refractivity contribution in [3.8, 4) is 5.75 Å². The van der Waals surface area contributed by atoms with Crippen molar-refractivity contribution in [2.45, 2.75) is 38.6 Å². The second-order valence-corrected chi connectivity index (χ2v) is 8.52. The molecule has 0 spiro atoms. The molecule has 5 rings (SSSR count). The lowest BCUT2D eigenvalue weighted by Gasteiger charge is -2.33. The first-order chi connectivity index (χ1) is 16.0. The Kier molecular flexibility index (Phi) is 5.62. The Morgan fingerprint density at radius 3 is 3.00 bits per heavy atom. The lowest BCUT2D eigenvalue weighted by atomic mass is 10.0. The monoisotopic (exact) mass is 447 g/mol. The third-order valence-corrected chi connectivity index (χ3v) is 6.37. The zero-order valence-corrected chi connectivity index (χ0v) is 18.7. The van der Waals surface area contributed by atoms with E-state index in [0.717, 1.165) is 52.8 Å². The molecule has 1 aliphatic rings. The number of nitrogens with zero attached hydrogens (tertiary/aromatic N) is 2. The predicted octanol–water partition coefficient (Wildman–Crippen LogP) is 5.57. The van der Waals surface area contributed by atoms with Crippen molar-refractivity contribution in [2.75, 3.05) is 13.7 Å². The van der Waals surface area contributed by atoms with Crippen molar-refractivity contribution in [1.29, 1.82) is 0 Å². The standard InChI is InChI=1S/C26H26FN3O3/c1-16-21-14-18(27)9-10-22(21)29-24(16)26(31)30-11-4-3-8-23(30)25-28-15-20(33-25)13-17-6-5-7-19(12-17)32-2/h5-7,9-10,12,14-15,23,29H,3-4,8,11,13H2,1-2H3/t23-/m0/s1. The summed E-state index contributed by atoms with van der Waals surface area (Å²) < 4.78 is 25.1. The number of ether oxygens (including phenoxy) is 1. The number of piperidine rings is 1. The first-order valence-electron chi connectivity index (χ1n) is 11.2. The Balaban J connectivity index is 1.40. The van der Waals surface area contributed by atoms with Crippen molar-refractivity contribution in [3.63, 3.8) is 0 Å². The Morgan fingerprint density at radius 2 is 2.15 bits per heavy atom. The molecule has 0 radical (unpaired) electrons. The average molecular weight is 448 g/mol. The number of likely N-dealkylation sites (tertiary alicyclic amines) is 1. The minimum atomic E-state index is -0.317. The van der Waals surface area contributed by atoms with E-state index in [1.807, 2.05) is 36.1 Å². The number of rotatable bonds is 5.